The van der Waals surface area contributed by atoms with Crippen LogP contribution in [0.25, 0.3) is 0 Å². The molecule has 140 valence electrons. The van der Waals surface area contributed by atoms with E-state index in [9.17, 15) is 13.2 Å². The molecule has 0 saturated heterocycles. The van der Waals surface area contributed by atoms with Crippen molar-refractivity contribution in [3.05, 3.63) is 54.4 Å². The monoisotopic (exact) mass is 376 g/mol. The van der Waals surface area contributed by atoms with Crippen LogP contribution in [0.2, 0.25) is 0 Å². The lowest BCUT2D eigenvalue weighted by atomic mass is 10.1. The van der Waals surface area contributed by atoms with Crippen LogP contribution in [0.3, 0.4) is 0 Å². The minimum atomic E-state index is -3.51. The number of anilines is 1. The van der Waals surface area contributed by atoms with E-state index in [1.165, 1.54) is 12.1 Å². The van der Waals surface area contributed by atoms with Gasteiger partial charge in [-0.25, -0.2) is 17.9 Å². The summed E-state index contributed by atoms with van der Waals surface area (Å²) in [6, 6.07) is 9.44. The fourth-order valence-corrected chi connectivity index (χ4v) is 3.49. The lowest BCUT2D eigenvalue weighted by Crippen LogP contribution is -2.37. The molecule has 0 aliphatic heterocycles. The van der Waals surface area contributed by atoms with E-state index >= 15 is 0 Å². The molecule has 0 aliphatic rings. The Hall–Kier alpha value is -2.45. The number of rotatable bonds is 8. The van der Waals surface area contributed by atoms with Crippen molar-refractivity contribution in [2.75, 3.05) is 11.9 Å². The molecule has 2 rings (SSSR count). The maximum atomic E-state index is 12.1. The Bertz CT molecular complexity index is 808. The number of pyridine rings is 1. The average Bonchev–Trinajstić information content (AvgIpc) is 2.61. The van der Waals surface area contributed by atoms with E-state index in [4.69, 9.17) is 0 Å². The SMILES string of the molecule is CCCNS(=O)(=O)c1ccc(NC(=O)N[C@@H](C)Cc2cccnc2)cc1. The molecule has 0 spiro atoms. The molecule has 1 aromatic carbocycles. The van der Waals surface area contributed by atoms with Crippen molar-refractivity contribution in [2.45, 2.75) is 37.6 Å². The van der Waals surface area contributed by atoms with E-state index in [-0.39, 0.29) is 17.0 Å². The Morgan fingerprint density at radius 2 is 1.92 bits per heavy atom. The summed E-state index contributed by atoms with van der Waals surface area (Å²) in [4.78, 5) is 16.3. The fraction of sp³-hybridized carbons (Fsp3) is 0.333. The van der Waals surface area contributed by atoms with Gasteiger partial charge in [-0.15, -0.1) is 0 Å². The van der Waals surface area contributed by atoms with Gasteiger partial charge in [-0.1, -0.05) is 13.0 Å². The number of nitrogens with one attached hydrogen (secondary N) is 3. The van der Waals surface area contributed by atoms with Crippen molar-refractivity contribution in [2.24, 2.45) is 0 Å². The van der Waals surface area contributed by atoms with Gasteiger partial charge < -0.3 is 10.6 Å². The van der Waals surface area contributed by atoms with Gasteiger partial charge in [0.05, 0.1) is 4.90 Å². The summed E-state index contributed by atoms with van der Waals surface area (Å²) in [5.74, 6) is 0. The number of urea groups is 1. The minimum Gasteiger partial charge on any atom is -0.335 e. The first-order chi connectivity index (χ1) is 12.4. The van der Waals surface area contributed by atoms with Crippen LogP contribution in [0.4, 0.5) is 10.5 Å². The van der Waals surface area contributed by atoms with Crippen LogP contribution in [-0.4, -0.2) is 32.0 Å². The van der Waals surface area contributed by atoms with Crippen LogP contribution in [-0.2, 0) is 16.4 Å². The number of benzene rings is 1. The van der Waals surface area contributed by atoms with Crippen LogP contribution < -0.4 is 15.4 Å². The minimum absolute atomic E-state index is 0.0721. The molecule has 1 heterocycles. The molecule has 1 atom stereocenters. The van der Waals surface area contributed by atoms with Gasteiger partial charge in [-0.3, -0.25) is 4.98 Å². The third kappa shape index (κ3) is 6.12. The Morgan fingerprint density at radius 3 is 2.54 bits per heavy atom. The maximum absolute atomic E-state index is 12.1. The maximum Gasteiger partial charge on any atom is 0.319 e. The van der Waals surface area contributed by atoms with Gasteiger partial charge in [0.25, 0.3) is 0 Å². The Balaban J connectivity index is 1.89. The predicted molar refractivity (Wildman–Crippen MR) is 101 cm³/mol. The Labute approximate surface area is 154 Å². The molecule has 0 saturated carbocycles. The number of carbonyl (C=O) groups is 1. The Kier molecular flexibility index (Phi) is 7.11. The predicted octanol–water partition coefficient (Wildman–Crippen LogP) is 2.52. The van der Waals surface area contributed by atoms with Crippen LogP contribution in [0, 0.1) is 0 Å². The molecule has 0 radical (unpaired) electrons. The molecule has 0 bridgehead atoms. The largest absolute Gasteiger partial charge is 0.335 e. The van der Waals surface area contributed by atoms with Gasteiger partial charge >= 0.3 is 6.03 Å². The van der Waals surface area contributed by atoms with Gasteiger partial charge in [-0.05, 0) is 55.7 Å². The van der Waals surface area contributed by atoms with Crippen molar-refractivity contribution in [3.8, 4) is 0 Å². The topological polar surface area (TPSA) is 100 Å². The molecule has 0 aliphatic carbocycles. The van der Waals surface area contributed by atoms with Gasteiger partial charge in [-0.2, -0.15) is 0 Å². The van der Waals surface area contributed by atoms with Gasteiger partial charge in [0.2, 0.25) is 10.0 Å². The molecule has 0 fully saturated rings. The zero-order valence-corrected chi connectivity index (χ0v) is 15.7. The second-order valence-electron chi connectivity index (χ2n) is 5.99. The lowest BCUT2D eigenvalue weighted by Gasteiger charge is -2.15. The number of nitrogens with zero attached hydrogens (tertiary/aromatic N) is 1. The zero-order chi connectivity index (χ0) is 19.0. The molecule has 0 unspecified atom stereocenters. The highest BCUT2D eigenvalue weighted by Crippen LogP contribution is 2.14. The Morgan fingerprint density at radius 1 is 1.19 bits per heavy atom. The van der Waals surface area contributed by atoms with Gasteiger partial charge in [0.1, 0.15) is 0 Å². The second-order valence-corrected chi connectivity index (χ2v) is 7.75. The first-order valence-corrected chi connectivity index (χ1v) is 9.95. The molecular weight excluding hydrogens is 352 g/mol. The average molecular weight is 376 g/mol. The summed E-state index contributed by atoms with van der Waals surface area (Å²) >= 11 is 0. The fourth-order valence-electron chi connectivity index (χ4n) is 2.35. The first kappa shape index (κ1) is 19.9. The van der Waals surface area contributed by atoms with E-state index < -0.39 is 10.0 Å². The van der Waals surface area contributed by atoms with E-state index in [1.807, 2.05) is 26.0 Å². The van der Waals surface area contributed by atoms with Crippen LogP contribution in [0.1, 0.15) is 25.8 Å². The van der Waals surface area contributed by atoms with Crippen LogP contribution >= 0.6 is 0 Å². The zero-order valence-electron chi connectivity index (χ0n) is 14.9. The summed E-state index contributed by atoms with van der Waals surface area (Å²) in [6.45, 7) is 4.19. The van der Waals surface area contributed by atoms with Crippen molar-refractivity contribution >= 4 is 21.7 Å². The third-order valence-corrected chi connectivity index (χ3v) is 5.08. The van der Waals surface area contributed by atoms with E-state index in [2.05, 4.69) is 20.3 Å². The summed E-state index contributed by atoms with van der Waals surface area (Å²) in [6.07, 6.45) is 4.86. The molecule has 7 nitrogen and oxygen atoms in total. The molecule has 26 heavy (non-hydrogen) atoms. The normalized spacial score (nSPS) is 12.4. The molecule has 3 N–H and O–H groups in total. The summed E-state index contributed by atoms with van der Waals surface area (Å²) in [7, 11) is -3.51. The highest BCUT2D eigenvalue weighted by atomic mass is 32.2. The highest BCUT2D eigenvalue weighted by molar-refractivity contribution is 7.89. The second kappa shape index (κ2) is 9.30. The van der Waals surface area contributed by atoms with Crippen molar-refractivity contribution in [3.63, 3.8) is 0 Å². The third-order valence-electron chi connectivity index (χ3n) is 3.61. The number of sulfonamides is 1. The molecule has 2 aromatic rings. The van der Waals surface area contributed by atoms with Gasteiger partial charge in [0.15, 0.2) is 0 Å². The number of amides is 2. The summed E-state index contributed by atoms with van der Waals surface area (Å²) in [5, 5.41) is 5.54. The number of hydrogen-bond donors (Lipinski definition) is 3. The van der Waals surface area contributed by atoms with Crippen molar-refractivity contribution < 1.29 is 13.2 Å². The van der Waals surface area contributed by atoms with Crippen molar-refractivity contribution in [1.82, 2.24) is 15.0 Å². The number of hydrogen-bond acceptors (Lipinski definition) is 4. The molecule has 2 amide bonds. The first-order valence-electron chi connectivity index (χ1n) is 8.47. The van der Waals surface area contributed by atoms with Gasteiger partial charge in [0, 0.05) is 30.7 Å². The summed E-state index contributed by atoms with van der Waals surface area (Å²) in [5.41, 5.74) is 1.56. The smallest absolute Gasteiger partial charge is 0.319 e. The number of carbonyl (C=O) groups excluding carboxylic acids is 1. The molecular formula is C18H24N4O3S. The highest BCUT2D eigenvalue weighted by Gasteiger charge is 2.13. The van der Waals surface area contributed by atoms with Crippen LogP contribution in [0.5, 0.6) is 0 Å². The van der Waals surface area contributed by atoms with Crippen LogP contribution in [0.15, 0.2) is 53.7 Å². The van der Waals surface area contributed by atoms with Crippen molar-refractivity contribution in [1.29, 1.82) is 0 Å². The number of aromatic nitrogens is 1. The quantitative estimate of drug-likeness (QED) is 0.659. The standard InChI is InChI=1S/C18H24N4O3S/c1-3-10-20-26(24,25)17-8-6-16(7-9-17)22-18(23)21-14(2)12-15-5-4-11-19-13-15/h4-9,11,13-14,20H,3,10,12H2,1-2H3,(H2,21,22,23)/t14-/m0/s1. The summed E-state index contributed by atoms with van der Waals surface area (Å²) < 4.78 is 26.6. The van der Waals surface area contributed by atoms with E-state index in [0.29, 0.717) is 18.7 Å². The lowest BCUT2D eigenvalue weighted by molar-refractivity contribution is 0.249. The molecule has 8 heteroatoms. The molecule has 1 aromatic heterocycles. The van der Waals surface area contributed by atoms with E-state index in [1.54, 1.807) is 24.5 Å². The van der Waals surface area contributed by atoms with E-state index in [0.717, 1.165) is 12.0 Å².